The lowest BCUT2D eigenvalue weighted by Crippen LogP contribution is -2.35. The van der Waals surface area contributed by atoms with Gasteiger partial charge in [-0.1, -0.05) is 0 Å². The number of rotatable bonds is 3. The molecule has 1 aliphatic rings. The molecular weight excluding hydrogens is 256 g/mol. The second kappa shape index (κ2) is 5.05. The first-order valence-corrected chi connectivity index (χ1v) is 6.71. The SMILES string of the molecule is NCC1CCCN1c1ccc2ncccc2c1[N+](=O)[O-]. The molecule has 6 nitrogen and oxygen atoms in total. The fourth-order valence-corrected chi connectivity index (χ4v) is 2.95. The zero-order chi connectivity index (χ0) is 14.1. The van der Waals surface area contributed by atoms with Crippen LogP contribution in [0.2, 0.25) is 0 Å². The van der Waals surface area contributed by atoms with E-state index in [0.717, 1.165) is 19.4 Å². The molecule has 1 aliphatic heterocycles. The first-order valence-electron chi connectivity index (χ1n) is 6.71. The molecule has 2 N–H and O–H groups in total. The standard InChI is InChI=1S/C14H16N4O2/c15-9-10-3-2-8-17(10)13-6-5-12-11(4-1-7-16-12)14(13)18(19)20/h1,4-7,10H,2-3,8-9,15H2. The molecule has 1 fully saturated rings. The van der Waals surface area contributed by atoms with Crippen molar-refractivity contribution >= 4 is 22.3 Å². The molecule has 2 aromatic rings. The topological polar surface area (TPSA) is 85.3 Å². The van der Waals surface area contributed by atoms with E-state index >= 15 is 0 Å². The highest BCUT2D eigenvalue weighted by Crippen LogP contribution is 2.38. The fourth-order valence-electron chi connectivity index (χ4n) is 2.95. The predicted octanol–water partition coefficient (Wildman–Crippen LogP) is 2.07. The Hall–Kier alpha value is -2.21. The van der Waals surface area contributed by atoms with Crippen LogP contribution in [0, 0.1) is 10.1 Å². The molecule has 20 heavy (non-hydrogen) atoms. The Bertz CT molecular complexity index is 659. The van der Waals surface area contributed by atoms with E-state index in [4.69, 9.17) is 5.73 Å². The minimum absolute atomic E-state index is 0.135. The van der Waals surface area contributed by atoms with E-state index < -0.39 is 0 Å². The van der Waals surface area contributed by atoms with Gasteiger partial charge in [-0.15, -0.1) is 0 Å². The maximum Gasteiger partial charge on any atom is 0.301 e. The Balaban J connectivity index is 2.20. The number of anilines is 1. The van der Waals surface area contributed by atoms with Crippen molar-refractivity contribution in [2.24, 2.45) is 5.73 Å². The van der Waals surface area contributed by atoms with E-state index in [-0.39, 0.29) is 16.7 Å². The zero-order valence-corrected chi connectivity index (χ0v) is 11.0. The van der Waals surface area contributed by atoms with Crippen molar-refractivity contribution in [3.05, 3.63) is 40.6 Å². The van der Waals surface area contributed by atoms with E-state index in [1.54, 1.807) is 24.4 Å². The third-order valence-electron chi connectivity index (χ3n) is 3.88. The molecule has 6 heteroatoms. The van der Waals surface area contributed by atoms with E-state index in [9.17, 15) is 10.1 Å². The molecule has 1 aromatic carbocycles. The van der Waals surface area contributed by atoms with Gasteiger partial charge in [-0.3, -0.25) is 15.1 Å². The van der Waals surface area contributed by atoms with Gasteiger partial charge < -0.3 is 10.6 Å². The minimum Gasteiger partial charge on any atom is -0.362 e. The summed E-state index contributed by atoms with van der Waals surface area (Å²) in [4.78, 5) is 17.4. The summed E-state index contributed by atoms with van der Waals surface area (Å²) in [5, 5.41) is 12.1. The number of pyridine rings is 1. The molecule has 0 radical (unpaired) electrons. The van der Waals surface area contributed by atoms with Crippen LogP contribution in [0.4, 0.5) is 11.4 Å². The molecule has 2 heterocycles. The summed E-state index contributed by atoms with van der Waals surface area (Å²) < 4.78 is 0. The molecule has 1 saturated heterocycles. The first kappa shape index (κ1) is 12.8. The Morgan fingerprint density at radius 1 is 1.45 bits per heavy atom. The van der Waals surface area contributed by atoms with Gasteiger partial charge in [0, 0.05) is 25.3 Å². The maximum atomic E-state index is 11.5. The molecule has 1 atom stereocenters. The summed E-state index contributed by atoms with van der Waals surface area (Å²) in [6.45, 7) is 1.33. The lowest BCUT2D eigenvalue weighted by atomic mass is 10.1. The van der Waals surface area contributed by atoms with Crippen molar-refractivity contribution in [1.82, 2.24) is 4.98 Å². The monoisotopic (exact) mass is 272 g/mol. The number of nitro benzene ring substituents is 1. The summed E-state index contributed by atoms with van der Waals surface area (Å²) in [6.07, 6.45) is 3.65. The van der Waals surface area contributed by atoms with Gasteiger partial charge in [0.25, 0.3) is 0 Å². The van der Waals surface area contributed by atoms with Crippen LogP contribution in [-0.2, 0) is 0 Å². The summed E-state index contributed by atoms with van der Waals surface area (Å²) >= 11 is 0. The van der Waals surface area contributed by atoms with Crippen LogP contribution in [0.1, 0.15) is 12.8 Å². The Labute approximate surface area is 116 Å². The van der Waals surface area contributed by atoms with Gasteiger partial charge in [0.15, 0.2) is 0 Å². The highest BCUT2D eigenvalue weighted by Gasteiger charge is 2.30. The number of fused-ring (bicyclic) bond motifs is 1. The second-order valence-corrected chi connectivity index (χ2v) is 4.99. The highest BCUT2D eigenvalue weighted by atomic mass is 16.6. The van der Waals surface area contributed by atoms with Gasteiger partial charge in [0.05, 0.1) is 15.8 Å². The van der Waals surface area contributed by atoms with Crippen LogP contribution < -0.4 is 10.6 Å². The molecule has 1 unspecified atom stereocenters. The van der Waals surface area contributed by atoms with Crippen LogP contribution in [0.25, 0.3) is 10.9 Å². The first-order chi connectivity index (χ1) is 9.72. The predicted molar refractivity (Wildman–Crippen MR) is 77.8 cm³/mol. The van der Waals surface area contributed by atoms with Gasteiger partial charge in [-0.25, -0.2) is 0 Å². The lowest BCUT2D eigenvalue weighted by molar-refractivity contribution is -0.382. The normalized spacial score (nSPS) is 18.6. The number of nitro groups is 1. The zero-order valence-electron chi connectivity index (χ0n) is 11.0. The number of aromatic nitrogens is 1. The van der Waals surface area contributed by atoms with Crippen molar-refractivity contribution in [2.45, 2.75) is 18.9 Å². The average molecular weight is 272 g/mol. The van der Waals surface area contributed by atoms with Crippen molar-refractivity contribution in [2.75, 3.05) is 18.0 Å². The third kappa shape index (κ3) is 1.98. The smallest absolute Gasteiger partial charge is 0.301 e. The third-order valence-corrected chi connectivity index (χ3v) is 3.88. The summed E-state index contributed by atoms with van der Waals surface area (Å²) in [5.74, 6) is 0. The van der Waals surface area contributed by atoms with Gasteiger partial charge in [0.2, 0.25) is 0 Å². The fraction of sp³-hybridized carbons (Fsp3) is 0.357. The summed E-state index contributed by atoms with van der Waals surface area (Å²) in [5.41, 5.74) is 7.21. The molecule has 1 aromatic heterocycles. The minimum atomic E-state index is -0.314. The number of benzene rings is 1. The van der Waals surface area contributed by atoms with E-state index in [1.807, 2.05) is 6.07 Å². The molecule has 0 amide bonds. The van der Waals surface area contributed by atoms with E-state index in [1.165, 1.54) is 0 Å². The molecule has 0 spiro atoms. The van der Waals surface area contributed by atoms with Gasteiger partial charge in [0.1, 0.15) is 5.69 Å². The van der Waals surface area contributed by atoms with Crippen LogP contribution in [0.5, 0.6) is 0 Å². The molecule has 0 bridgehead atoms. The quantitative estimate of drug-likeness (QED) is 0.683. The Kier molecular flexibility index (Phi) is 3.23. The average Bonchev–Trinajstić information content (AvgIpc) is 2.94. The van der Waals surface area contributed by atoms with Crippen LogP contribution in [0.15, 0.2) is 30.5 Å². The van der Waals surface area contributed by atoms with Crippen molar-refractivity contribution in [3.63, 3.8) is 0 Å². The number of nitrogens with zero attached hydrogens (tertiary/aromatic N) is 3. The largest absolute Gasteiger partial charge is 0.362 e. The number of nitrogens with two attached hydrogens (primary N) is 1. The second-order valence-electron chi connectivity index (χ2n) is 4.99. The number of hydrogen-bond acceptors (Lipinski definition) is 5. The number of hydrogen-bond donors (Lipinski definition) is 1. The van der Waals surface area contributed by atoms with Gasteiger partial charge in [-0.05, 0) is 37.1 Å². The Morgan fingerprint density at radius 2 is 2.30 bits per heavy atom. The molecule has 0 aliphatic carbocycles. The van der Waals surface area contributed by atoms with Gasteiger partial charge in [-0.2, -0.15) is 0 Å². The lowest BCUT2D eigenvalue weighted by Gasteiger charge is -2.25. The van der Waals surface area contributed by atoms with Crippen LogP contribution >= 0.6 is 0 Å². The molecule has 104 valence electrons. The Morgan fingerprint density at radius 3 is 3.05 bits per heavy atom. The summed E-state index contributed by atoms with van der Waals surface area (Å²) in [7, 11) is 0. The van der Waals surface area contributed by atoms with Gasteiger partial charge >= 0.3 is 5.69 Å². The highest BCUT2D eigenvalue weighted by molar-refractivity contribution is 5.94. The summed E-state index contributed by atoms with van der Waals surface area (Å²) in [6, 6.07) is 7.29. The molecular formula is C14H16N4O2. The molecule has 3 rings (SSSR count). The maximum absolute atomic E-state index is 11.5. The van der Waals surface area contributed by atoms with Crippen molar-refractivity contribution < 1.29 is 4.92 Å². The van der Waals surface area contributed by atoms with Crippen molar-refractivity contribution in [3.8, 4) is 0 Å². The van der Waals surface area contributed by atoms with Crippen LogP contribution in [0.3, 0.4) is 0 Å². The van der Waals surface area contributed by atoms with E-state index in [2.05, 4.69) is 9.88 Å². The molecule has 0 saturated carbocycles. The van der Waals surface area contributed by atoms with Crippen molar-refractivity contribution in [1.29, 1.82) is 0 Å². The van der Waals surface area contributed by atoms with Crippen LogP contribution in [-0.4, -0.2) is 29.0 Å². The van der Waals surface area contributed by atoms with E-state index in [0.29, 0.717) is 23.1 Å².